The maximum Gasteiger partial charge on any atom is 0.119 e. The lowest BCUT2D eigenvalue weighted by molar-refractivity contribution is 0.103. The molecular formula is C17H28N2O. The van der Waals surface area contributed by atoms with Crippen LogP contribution >= 0.6 is 0 Å². The SMILES string of the molecule is CCCOc1ccc(C(C)N2CC(C)NCC2C)cc1. The third-order valence-corrected chi connectivity index (χ3v) is 4.15. The molecule has 1 aromatic rings. The van der Waals surface area contributed by atoms with E-state index in [1.807, 2.05) is 0 Å². The molecule has 0 aliphatic carbocycles. The maximum atomic E-state index is 5.65. The zero-order valence-corrected chi connectivity index (χ0v) is 13.2. The Morgan fingerprint density at radius 3 is 2.65 bits per heavy atom. The lowest BCUT2D eigenvalue weighted by Crippen LogP contribution is -2.54. The highest BCUT2D eigenvalue weighted by atomic mass is 16.5. The monoisotopic (exact) mass is 276 g/mol. The number of hydrogen-bond donors (Lipinski definition) is 1. The zero-order chi connectivity index (χ0) is 14.5. The van der Waals surface area contributed by atoms with Crippen LogP contribution in [0, 0.1) is 0 Å². The van der Waals surface area contributed by atoms with Crippen molar-refractivity contribution >= 4 is 0 Å². The van der Waals surface area contributed by atoms with Crippen molar-refractivity contribution in [3.05, 3.63) is 29.8 Å². The van der Waals surface area contributed by atoms with Gasteiger partial charge in [-0.25, -0.2) is 0 Å². The van der Waals surface area contributed by atoms with Crippen molar-refractivity contribution in [1.29, 1.82) is 0 Å². The molecule has 1 N–H and O–H groups in total. The highest BCUT2D eigenvalue weighted by molar-refractivity contribution is 5.29. The molecule has 0 bridgehead atoms. The topological polar surface area (TPSA) is 24.5 Å². The molecule has 0 spiro atoms. The first-order valence-electron chi connectivity index (χ1n) is 7.83. The van der Waals surface area contributed by atoms with E-state index in [4.69, 9.17) is 4.74 Å². The number of ether oxygens (including phenoxy) is 1. The van der Waals surface area contributed by atoms with Crippen LogP contribution in [-0.2, 0) is 0 Å². The Kier molecular flexibility index (Phi) is 5.44. The molecule has 3 atom stereocenters. The van der Waals surface area contributed by atoms with Crippen molar-refractivity contribution < 1.29 is 4.74 Å². The Hall–Kier alpha value is -1.06. The largest absolute Gasteiger partial charge is 0.494 e. The second-order valence-corrected chi connectivity index (χ2v) is 5.95. The van der Waals surface area contributed by atoms with Crippen molar-refractivity contribution in [3.63, 3.8) is 0 Å². The second-order valence-electron chi connectivity index (χ2n) is 5.95. The number of piperazine rings is 1. The molecule has 1 saturated heterocycles. The summed E-state index contributed by atoms with van der Waals surface area (Å²) in [5.74, 6) is 0.976. The Balaban J connectivity index is 2.02. The first kappa shape index (κ1) is 15.3. The minimum atomic E-state index is 0.453. The van der Waals surface area contributed by atoms with Gasteiger partial charge in [-0.05, 0) is 44.9 Å². The van der Waals surface area contributed by atoms with E-state index in [1.54, 1.807) is 0 Å². The van der Waals surface area contributed by atoms with Crippen LogP contribution in [-0.4, -0.2) is 36.7 Å². The molecule has 3 heteroatoms. The average Bonchev–Trinajstić information content (AvgIpc) is 2.47. The fourth-order valence-electron chi connectivity index (χ4n) is 2.84. The summed E-state index contributed by atoms with van der Waals surface area (Å²) in [4.78, 5) is 2.59. The van der Waals surface area contributed by atoms with Crippen LogP contribution in [0.1, 0.15) is 45.7 Å². The Morgan fingerprint density at radius 1 is 1.30 bits per heavy atom. The maximum absolute atomic E-state index is 5.65. The molecule has 1 aliphatic rings. The van der Waals surface area contributed by atoms with E-state index in [0.29, 0.717) is 18.1 Å². The number of hydrogen-bond acceptors (Lipinski definition) is 3. The van der Waals surface area contributed by atoms with Gasteiger partial charge in [-0.15, -0.1) is 0 Å². The molecule has 2 rings (SSSR count). The molecule has 1 fully saturated rings. The summed E-state index contributed by atoms with van der Waals surface area (Å²) in [5, 5.41) is 3.54. The Morgan fingerprint density at radius 2 is 2.00 bits per heavy atom. The van der Waals surface area contributed by atoms with Crippen molar-refractivity contribution in [2.45, 2.75) is 52.2 Å². The van der Waals surface area contributed by atoms with Gasteiger partial charge in [-0.2, -0.15) is 0 Å². The lowest BCUT2D eigenvalue weighted by Gasteiger charge is -2.41. The van der Waals surface area contributed by atoms with Gasteiger partial charge in [-0.3, -0.25) is 4.90 Å². The van der Waals surface area contributed by atoms with Gasteiger partial charge < -0.3 is 10.1 Å². The molecule has 1 heterocycles. The van der Waals surface area contributed by atoms with Gasteiger partial charge in [0.25, 0.3) is 0 Å². The molecular weight excluding hydrogens is 248 g/mol. The Labute approximate surface area is 123 Å². The van der Waals surface area contributed by atoms with Crippen LogP contribution < -0.4 is 10.1 Å². The van der Waals surface area contributed by atoms with Crippen molar-refractivity contribution in [2.24, 2.45) is 0 Å². The van der Waals surface area contributed by atoms with Crippen molar-refractivity contribution in [3.8, 4) is 5.75 Å². The van der Waals surface area contributed by atoms with Gasteiger partial charge in [0.2, 0.25) is 0 Å². The predicted octanol–water partition coefficient (Wildman–Crippen LogP) is 3.22. The van der Waals surface area contributed by atoms with E-state index in [-0.39, 0.29) is 0 Å². The molecule has 3 unspecified atom stereocenters. The van der Waals surface area contributed by atoms with E-state index >= 15 is 0 Å². The van der Waals surface area contributed by atoms with Gasteiger partial charge in [0.1, 0.15) is 5.75 Å². The van der Waals surface area contributed by atoms with Crippen molar-refractivity contribution in [1.82, 2.24) is 10.2 Å². The predicted molar refractivity (Wildman–Crippen MR) is 84.3 cm³/mol. The van der Waals surface area contributed by atoms with Crippen molar-refractivity contribution in [2.75, 3.05) is 19.7 Å². The third kappa shape index (κ3) is 3.74. The third-order valence-electron chi connectivity index (χ3n) is 4.15. The van der Waals surface area contributed by atoms with Gasteiger partial charge in [0.05, 0.1) is 6.61 Å². The lowest BCUT2D eigenvalue weighted by atomic mass is 10.0. The molecule has 0 amide bonds. The molecule has 112 valence electrons. The molecule has 0 saturated carbocycles. The van der Waals surface area contributed by atoms with Crippen LogP contribution in [0.4, 0.5) is 0 Å². The molecule has 0 radical (unpaired) electrons. The molecule has 1 aliphatic heterocycles. The second kappa shape index (κ2) is 7.09. The number of rotatable bonds is 5. The average molecular weight is 276 g/mol. The smallest absolute Gasteiger partial charge is 0.119 e. The quantitative estimate of drug-likeness (QED) is 0.893. The van der Waals surface area contributed by atoms with Gasteiger partial charge in [-0.1, -0.05) is 19.1 Å². The van der Waals surface area contributed by atoms with E-state index in [0.717, 1.165) is 31.9 Å². The summed E-state index contributed by atoms with van der Waals surface area (Å²) < 4.78 is 5.65. The van der Waals surface area contributed by atoms with Crippen LogP contribution in [0.3, 0.4) is 0 Å². The van der Waals surface area contributed by atoms with E-state index < -0.39 is 0 Å². The first-order chi connectivity index (χ1) is 9.61. The summed E-state index contributed by atoms with van der Waals surface area (Å²) in [7, 11) is 0. The van der Waals surface area contributed by atoms with Crippen LogP contribution in [0.15, 0.2) is 24.3 Å². The van der Waals surface area contributed by atoms with Crippen LogP contribution in [0.25, 0.3) is 0 Å². The number of benzene rings is 1. The molecule has 1 aromatic carbocycles. The highest BCUT2D eigenvalue weighted by Crippen LogP contribution is 2.26. The minimum Gasteiger partial charge on any atom is -0.494 e. The summed E-state index contributed by atoms with van der Waals surface area (Å²) in [6.45, 7) is 12.0. The standard InChI is InChI=1S/C17H28N2O/c1-5-10-20-17-8-6-16(7-9-17)15(4)19-12-13(2)18-11-14(19)3/h6-9,13-15,18H,5,10-12H2,1-4H3. The van der Waals surface area contributed by atoms with Crippen LogP contribution in [0.5, 0.6) is 5.75 Å². The molecule has 0 aromatic heterocycles. The normalized spacial score (nSPS) is 25.4. The fraction of sp³-hybridized carbons (Fsp3) is 0.647. The van der Waals surface area contributed by atoms with Gasteiger partial charge in [0, 0.05) is 31.2 Å². The number of nitrogens with one attached hydrogen (secondary N) is 1. The first-order valence-corrected chi connectivity index (χ1v) is 7.83. The van der Waals surface area contributed by atoms with E-state index in [1.165, 1.54) is 5.56 Å². The summed E-state index contributed by atoms with van der Waals surface area (Å²) in [6.07, 6.45) is 1.05. The van der Waals surface area contributed by atoms with E-state index in [9.17, 15) is 0 Å². The Bertz CT molecular complexity index is 404. The fourth-order valence-corrected chi connectivity index (χ4v) is 2.84. The van der Waals surface area contributed by atoms with Gasteiger partial charge in [0.15, 0.2) is 0 Å². The molecule has 20 heavy (non-hydrogen) atoms. The summed E-state index contributed by atoms with van der Waals surface area (Å²) in [5.41, 5.74) is 1.37. The summed E-state index contributed by atoms with van der Waals surface area (Å²) >= 11 is 0. The van der Waals surface area contributed by atoms with E-state index in [2.05, 4.69) is 62.2 Å². The molecule has 3 nitrogen and oxygen atoms in total. The van der Waals surface area contributed by atoms with Gasteiger partial charge >= 0.3 is 0 Å². The summed E-state index contributed by atoms with van der Waals surface area (Å²) in [6, 6.07) is 10.2. The highest BCUT2D eigenvalue weighted by Gasteiger charge is 2.26. The minimum absolute atomic E-state index is 0.453. The van der Waals surface area contributed by atoms with Crippen LogP contribution in [0.2, 0.25) is 0 Å². The number of nitrogens with zero attached hydrogens (tertiary/aromatic N) is 1. The zero-order valence-electron chi connectivity index (χ0n) is 13.2.